The maximum absolute atomic E-state index is 13.9. The predicted molar refractivity (Wildman–Crippen MR) is 51.1 cm³/mol. The quantitative estimate of drug-likeness (QED) is 0.552. The van der Waals surface area contributed by atoms with Crippen molar-refractivity contribution in [2.24, 2.45) is 0 Å². The second-order valence-electron chi connectivity index (χ2n) is 4.32. The zero-order valence-corrected chi connectivity index (χ0v) is 8.71. The van der Waals surface area contributed by atoms with Gasteiger partial charge in [-0.25, -0.2) is 4.79 Å². The van der Waals surface area contributed by atoms with Gasteiger partial charge in [-0.1, -0.05) is 0 Å². The fourth-order valence-corrected chi connectivity index (χ4v) is 2.17. The van der Waals surface area contributed by atoms with Crippen LogP contribution in [0.2, 0.25) is 0 Å². The molecule has 0 radical (unpaired) electrons. The number of alkyl halides is 2. The molecule has 2 heterocycles. The summed E-state index contributed by atoms with van der Waals surface area (Å²) in [5.41, 5.74) is -4.49. The Labute approximate surface area is 97.2 Å². The van der Waals surface area contributed by atoms with Crippen LogP contribution < -0.4 is 11.2 Å². The van der Waals surface area contributed by atoms with Crippen LogP contribution in [-0.2, 0) is 4.74 Å². The lowest BCUT2D eigenvalue weighted by Crippen LogP contribution is -2.47. The van der Waals surface area contributed by atoms with Crippen LogP contribution in [0.25, 0.3) is 0 Å². The number of aromatic amines is 1. The van der Waals surface area contributed by atoms with Crippen molar-refractivity contribution >= 4 is 0 Å². The third kappa shape index (κ3) is 1.11. The standard InChI is InChI=1S/C9H8F2N2O5/c10-9(11)6(18-5-4(15)8(5,9)17)13-2-1-3(14)12-7(13)16/h1-2,4-6,15,17H,(H,12,14,16)/t4?,5-,6-,8-/m1/s1. The Morgan fingerprint density at radius 3 is 2.61 bits per heavy atom. The average molecular weight is 262 g/mol. The third-order valence-corrected chi connectivity index (χ3v) is 3.29. The maximum Gasteiger partial charge on any atom is 0.330 e. The number of hydrogen-bond acceptors (Lipinski definition) is 5. The number of nitrogens with zero attached hydrogens (tertiary/aromatic N) is 1. The number of aliphatic hydroxyl groups excluding tert-OH is 1. The first-order valence-corrected chi connectivity index (χ1v) is 5.05. The Morgan fingerprint density at radius 2 is 2.11 bits per heavy atom. The summed E-state index contributed by atoms with van der Waals surface area (Å²) in [6.45, 7) is 0. The summed E-state index contributed by atoms with van der Waals surface area (Å²) in [5.74, 6) is -3.83. The smallest absolute Gasteiger partial charge is 0.330 e. The normalized spacial score (nSPS) is 40.6. The van der Waals surface area contributed by atoms with Gasteiger partial charge in [-0.3, -0.25) is 14.3 Å². The number of ether oxygens (including phenoxy) is 1. The van der Waals surface area contributed by atoms with Crippen LogP contribution in [-0.4, -0.2) is 43.5 Å². The van der Waals surface area contributed by atoms with E-state index in [2.05, 4.69) is 0 Å². The van der Waals surface area contributed by atoms with Crippen LogP contribution in [0.1, 0.15) is 6.23 Å². The molecule has 98 valence electrons. The molecule has 1 saturated heterocycles. The molecule has 2 aliphatic rings. The van der Waals surface area contributed by atoms with Crippen molar-refractivity contribution in [3.63, 3.8) is 0 Å². The lowest BCUT2D eigenvalue weighted by atomic mass is 10.1. The molecule has 3 rings (SSSR count). The molecule has 1 saturated carbocycles. The summed E-state index contributed by atoms with van der Waals surface area (Å²) in [7, 11) is 0. The minimum absolute atomic E-state index is 0.470. The number of rotatable bonds is 1. The summed E-state index contributed by atoms with van der Waals surface area (Å²) < 4.78 is 33.0. The molecule has 1 aromatic rings. The van der Waals surface area contributed by atoms with Crippen LogP contribution in [0.3, 0.4) is 0 Å². The fraction of sp³-hybridized carbons (Fsp3) is 0.556. The van der Waals surface area contributed by atoms with E-state index in [-0.39, 0.29) is 0 Å². The molecule has 0 bridgehead atoms. The maximum atomic E-state index is 13.9. The molecular weight excluding hydrogens is 254 g/mol. The molecule has 1 aliphatic carbocycles. The number of hydrogen-bond donors (Lipinski definition) is 3. The number of halogens is 2. The van der Waals surface area contributed by atoms with Gasteiger partial charge in [0.2, 0.25) is 6.23 Å². The van der Waals surface area contributed by atoms with E-state index >= 15 is 0 Å². The van der Waals surface area contributed by atoms with Gasteiger partial charge in [0.05, 0.1) is 0 Å². The van der Waals surface area contributed by atoms with Crippen LogP contribution in [0.5, 0.6) is 0 Å². The van der Waals surface area contributed by atoms with E-state index in [0.717, 1.165) is 12.3 Å². The largest absolute Gasteiger partial charge is 0.387 e. The number of nitrogens with one attached hydrogen (secondary N) is 1. The summed E-state index contributed by atoms with van der Waals surface area (Å²) in [4.78, 5) is 24.0. The van der Waals surface area contributed by atoms with E-state index in [1.165, 1.54) is 0 Å². The molecule has 9 heteroatoms. The lowest BCUT2D eigenvalue weighted by molar-refractivity contribution is -0.197. The number of aromatic nitrogens is 2. The lowest BCUT2D eigenvalue weighted by Gasteiger charge is -2.26. The highest BCUT2D eigenvalue weighted by molar-refractivity contribution is 5.28. The van der Waals surface area contributed by atoms with Crippen molar-refractivity contribution in [3.05, 3.63) is 33.1 Å². The van der Waals surface area contributed by atoms with Gasteiger partial charge in [0.15, 0.2) is 5.60 Å². The van der Waals surface area contributed by atoms with Crippen molar-refractivity contribution in [2.75, 3.05) is 0 Å². The molecule has 0 amide bonds. The Hall–Kier alpha value is -1.58. The van der Waals surface area contributed by atoms with Gasteiger partial charge in [-0.05, 0) is 0 Å². The molecule has 1 aromatic heterocycles. The Morgan fingerprint density at radius 1 is 1.44 bits per heavy atom. The summed E-state index contributed by atoms with van der Waals surface area (Å²) in [6.07, 6.45) is -4.32. The highest BCUT2D eigenvalue weighted by Gasteiger charge is 2.86. The molecule has 1 aliphatic heterocycles. The molecule has 18 heavy (non-hydrogen) atoms. The summed E-state index contributed by atoms with van der Waals surface area (Å²) >= 11 is 0. The summed E-state index contributed by atoms with van der Waals surface area (Å²) in [6, 6.07) is 0.880. The van der Waals surface area contributed by atoms with Gasteiger partial charge in [0.25, 0.3) is 5.56 Å². The second-order valence-corrected chi connectivity index (χ2v) is 4.32. The predicted octanol–water partition coefficient (Wildman–Crippen LogP) is -1.83. The van der Waals surface area contributed by atoms with Crippen LogP contribution in [0, 0.1) is 0 Å². The van der Waals surface area contributed by atoms with Gasteiger partial charge < -0.3 is 14.9 Å². The van der Waals surface area contributed by atoms with Crippen molar-refractivity contribution in [3.8, 4) is 0 Å². The van der Waals surface area contributed by atoms with E-state index < -0.39 is 41.2 Å². The Kier molecular flexibility index (Phi) is 1.95. The van der Waals surface area contributed by atoms with Gasteiger partial charge in [-0.15, -0.1) is 0 Å². The third-order valence-electron chi connectivity index (χ3n) is 3.29. The molecule has 0 aromatic carbocycles. The molecule has 2 fully saturated rings. The highest BCUT2D eigenvalue weighted by atomic mass is 19.3. The van der Waals surface area contributed by atoms with Gasteiger partial charge in [0.1, 0.15) is 12.2 Å². The molecule has 7 nitrogen and oxygen atoms in total. The van der Waals surface area contributed by atoms with Gasteiger partial charge in [-0.2, -0.15) is 8.78 Å². The molecule has 1 unspecified atom stereocenters. The van der Waals surface area contributed by atoms with E-state index in [1.54, 1.807) is 4.98 Å². The van der Waals surface area contributed by atoms with Gasteiger partial charge in [0, 0.05) is 12.3 Å². The van der Waals surface area contributed by atoms with Crippen LogP contribution in [0.4, 0.5) is 8.78 Å². The zero-order valence-electron chi connectivity index (χ0n) is 8.71. The topological polar surface area (TPSA) is 105 Å². The first-order chi connectivity index (χ1) is 8.30. The zero-order chi connectivity index (χ0) is 13.3. The molecule has 3 N–H and O–H groups in total. The van der Waals surface area contributed by atoms with Crippen molar-refractivity contribution in [1.29, 1.82) is 0 Å². The van der Waals surface area contributed by atoms with Crippen molar-refractivity contribution < 1.29 is 23.7 Å². The monoisotopic (exact) mass is 262 g/mol. The number of H-pyrrole nitrogens is 1. The SMILES string of the molecule is O=c1ccn([C@@H]2O[C@@H]3C(O)[C@]3(O)C2(F)F)c(=O)[nH]1. The van der Waals surface area contributed by atoms with E-state index in [9.17, 15) is 23.5 Å². The van der Waals surface area contributed by atoms with Gasteiger partial charge >= 0.3 is 11.6 Å². The first-order valence-electron chi connectivity index (χ1n) is 5.05. The van der Waals surface area contributed by atoms with E-state index in [0.29, 0.717) is 4.57 Å². The molecule has 4 atom stereocenters. The molecular formula is C9H8F2N2O5. The summed E-state index contributed by atoms with van der Waals surface area (Å²) in [5, 5.41) is 18.6. The second kappa shape index (κ2) is 3.05. The first kappa shape index (κ1) is 11.5. The molecule has 0 spiro atoms. The highest BCUT2D eigenvalue weighted by Crippen LogP contribution is 2.61. The fourth-order valence-electron chi connectivity index (χ4n) is 2.17. The van der Waals surface area contributed by atoms with E-state index in [1.807, 2.05) is 0 Å². The van der Waals surface area contributed by atoms with E-state index in [4.69, 9.17) is 9.84 Å². The van der Waals surface area contributed by atoms with Crippen molar-refractivity contribution in [2.45, 2.75) is 30.0 Å². The minimum Gasteiger partial charge on any atom is -0.387 e. The van der Waals surface area contributed by atoms with Crippen LogP contribution >= 0.6 is 0 Å². The number of aliphatic hydroxyl groups is 2. The Balaban J connectivity index is 2.06. The minimum atomic E-state index is -3.83. The van der Waals surface area contributed by atoms with Crippen LogP contribution in [0.15, 0.2) is 21.9 Å². The van der Waals surface area contributed by atoms with Crippen molar-refractivity contribution in [1.82, 2.24) is 9.55 Å². The average Bonchev–Trinajstić information content (AvgIpc) is 2.72. The number of fused-ring (bicyclic) bond motifs is 1. The Bertz CT molecular complexity index is 626.